The van der Waals surface area contributed by atoms with Gasteiger partial charge in [-0.05, 0) is 66.6 Å². The number of thioether (sulfide) groups is 1. The van der Waals surface area contributed by atoms with Crippen LogP contribution in [0.3, 0.4) is 0 Å². The van der Waals surface area contributed by atoms with Gasteiger partial charge in [0.2, 0.25) is 5.91 Å². The number of rotatable bonds is 5. The summed E-state index contributed by atoms with van der Waals surface area (Å²) in [5.74, 6) is -0.242. The Morgan fingerprint density at radius 2 is 1.96 bits per heavy atom. The van der Waals surface area contributed by atoms with Gasteiger partial charge in [0.1, 0.15) is 12.3 Å². The summed E-state index contributed by atoms with van der Waals surface area (Å²) in [5.41, 5.74) is 3.33. The zero-order valence-corrected chi connectivity index (χ0v) is 16.6. The van der Waals surface area contributed by atoms with Crippen LogP contribution in [0, 0.1) is 13.8 Å². The van der Waals surface area contributed by atoms with Crippen LogP contribution in [0.5, 0.6) is 5.75 Å². The molecule has 0 saturated carbocycles. The third-order valence-corrected chi connectivity index (χ3v) is 5.14. The molecule has 2 aromatic carbocycles. The lowest BCUT2D eigenvalue weighted by Crippen LogP contribution is -2.36. The van der Waals surface area contributed by atoms with Crippen molar-refractivity contribution in [2.75, 3.05) is 19.0 Å². The lowest BCUT2D eigenvalue weighted by Gasteiger charge is -2.14. The standard InChI is InChI=1S/C21H20N2O4S/c1-13-7-8-14(2)17(9-13)22-19(24)12-23-20(25)18(28-21(23)26)11-15-5-4-6-16(10-15)27-3/h4-11H,12H2,1-3H3,(H,22,24)/b18-11+. The molecule has 1 saturated heterocycles. The molecule has 1 heterocycles. The predicted molar refractivity (Wildman–Crippen MR) is 110 cm³/mol. The summed E-state index contributed by atoms with van der Waals surface area (Å²) in [6.07, 6.45) is 1.62. The molecule has 1 N–H and O–H groups in total. The molecule has 0 bridgehead atoms. The third kappa shape index (κ3) is 4.43. The van der Waals surface area contributed by atoms with Crippen molar-refractivity contribution in [3.63, 3.8) is 0 Å². The lowest BCUT2D eigenvalue weighted by atomic mass is 10.1. The van der Waals surface area contributed by atoms with Gasteiger partial charge < -0.3 is 10.1 Å². The number of imide groups is 1. The van der Waals surface area contributed by atoms with Crippen molar-refractivity contribution < 1.29 is 19.1 Å². The van der Waals surface area contributed by atoms with Gasteiger partial charge in [-0.15, -0.1) is 0 Å². The van der Waals surface area contributed by atoms with E-state index in [2.05, 4.69) is 5.32 Å². The van der Waals surface area contributed by atoms with Crippen LogP contribution in [0.2, 0.25) is 0 Å². The maximum absolute atomic E-state index is 12.6. The van der Waals surface area contributed by atoms with Crippen molar-refractivity contribution in [3.05, 3.63) is 64.1 Å². The summed E-state index contributed by atoms with van der Waals surface area (Å²) >= 11 is 0.822. The molecule has 0 aliphatic carbocycles. The lowest BCUT2D eigenvalue weighted by molar-refractivity contribution is -0.127. The Morgan fingerprint density at radius 3 is 2.71 bits per heavy atom. The number of carbonyl (C=O) groups excluding carboxylic acids is 3. The molecule has 0 unspecified atom stereocenters. The molecule has 1 aliphatic heterocycles. The molecule has 0 aromatic heterocycles. The van der Waals surface area contributed by atoms with Crippen LogP contribution in [0.25, 0.3) is 6.08 Å². The fraction of sp³-hybridized carbons (Fsp3) is 0.190. The van der Waals surface area contributed by atoms with E-state index in [1.807, 2.05) is 38.1 Å². The highest BCUT2D eigenvalue weighted by Crippen LogP contribution is 2.32. The van der Waals surface area contributed by atoms with Gasteiger partial charge in [0, 0.05) is 5.69 Å². The summed E-state index contributed by atoms with van der Waals surface area (Å²) in [5, 5.41) is 2.31. The molecular formula is C21H20N2O4S. The van der Waals surface area contributed by atoms with E-state index in [1.54, 1.807) is 31.4 Å². The molecule has 6 nitrogen and oxygen atoms in total. The Labute approximate surface area is 167 Å². The number of hydrogen-bond donors (Lipinski definition) is 1. The first-order valence-electron chi connectivity index (χ1n) is 8.64. The summed E-state index contributed by atoms with van der Waals surface area (Å²) in [4.78, 5) is 38.4. The van der Waals surface area contributed by atoms with Crippen LogP contribution >= 0.6 is 11.8 Å². The number of nitrogens with zero attached hydrogens (tertiary/aromatic N) is 1. The normalized spacial score (nSPS) is 15.2. The highest BCUT2D eigenvalue weighted by Gasteiger charge is 2.36. The zero-order chi connectivity index (χ0) is 20.3. The summed E-state index contributed by atoms with van der Waals surface area (Å²) in [6.45, 7) is 3.48. The number of carbonyl (C=O) groups is 3. The van der Waals surface area contributed by atoms with Crippen LogP contribution in [-0.4, -0.2) is 35.6 Å². The third-order valence-electron chi connectivity index (χ3n) is 4.23. The monoisotopic (exact) mass is 396 g/mol. The van der Waals surface area contributed by atoms with E-state index in [9.17, 15) is 14.4 Å². The van der Waals surface area contributed by atoms with Crippen LogP contribution in [0.4, 0.5) is 10.5 Å². The van der Waals surface area contributed by atoms with Crippen LogP contribution in [0.15, 0.2) is 47.4 Å². The summed E-state index contributed by atoms with van der Waals surface area (Å²) in [7, 11) is 1.56. The van der Waals surface area contributed by atoms with Gasteiger partial charge in [0.05, 0.1) is 12.0 Å². The first kappa shape index (κ1) is 19.7. The minimum Gasteiger partial charge on any atom is -0.497 e. The Balaban J connectivity index is 1.72. The number of aryl methyl sites for hydroxylation is 2. The number of methoxy groups -OCH3 is 1. The van der Waals surface area contributed by atoms with E-state index in [0.717, 1.165) is 33.4 Å². The molecule has 0 atom stereocenters. The van der Waals surface area contributed by atoms with E-state index in [0.29, 0.717) is 11.4 Å². The second-order valence-corrected chi connectivity index (χ2v) is 7.40. The van der Waals surface area contributed by atoms with Crippen molar-refractivity contribution in [2.45, 2.75) is 13.8 Å². The number of nitrogens with one attached hydrogen (secondary N) is 1. The Kier molecular flexibility index (Phi) is 5.84. The van der Waals surface area contributed by atoms with Crippen molar-refractivity contribution in [2.24, 2.45) is 0 Å². The fourth-order valence-electron chi connectivity index (χ4n) is 2.72. The first-order valence-corrected chi connectivity index (χ1v) is 9.45. The van der Waals surface area contributed by atoms with Crippen LogP contribution in [0.1, 0.15) is 16.7 Å². The Bertz CT molecular complexity index is 984. The van der Waals surface area contributed by atoms with E-state index < -0.39 is 17.1 Å². The Morgan fingerprint density at radius 1 is 1.18 bits per heavy atom. The average molecular weight is 396 g/mol. The number of benzene rings is 2. The second kappa shape index (κ2) is 8.31. The highest BCUT2D eigenvalue weighted by atomic mass is 32.2. The maximum atomic E-state index is 12.6. The predicted octanol–water partition coefficient (Wildman–Crippen LogP) is 3.99. The molecule has 1 fully saturated rings. The first-order chi connectivity index (χ1) is 13.4. The minimum absolute atomic E-state index is 0.276. The van der Waals surface area contributed by atoms with Gasteiger partial charge >= 0.3 is 0 Å². The molecule has 2 aromatic rings. The average Bonchev–Trinajstić information content (AvgIpc) is 2.92. The summed E-state index contributed by atoms with van der Waals surface area (Å²) in [6, 6.07) is 12.9. The topological polar surface area (TPSA) is 75.7 Å². The maximum Gasteiger partial charge on any atom is 0.294 e. The van der Waals surface area contributed by atoms with E-state index in [1.165, 1.54) is 0 Å². The highest BCUT2D eigenvalue weighted by molar-refractivity contribution is 8.18. The van der Waals surface area contributed by atoms with Gasteiger partial charge in [-0.3, -0.25) is 19.3 Å². The molecule has 28 heavy (non-hydrogen) atoms. The fourth-order valence-corrected chi connectivity index (χ4v) is 3.56. The minimum atomic E-state index is -0.478. The van der Waals surface area contributed by atoms with Gasteiger partial charge in [-0.1, -0.05) is 24.3 Å². The molecule has 3 rings (SSSR count). The molecule has 1 aliphatic rings. The van der Waals surface area contributed by atoms with Gasteiger partial charge in [-0.2, -0.15) is 0 Å². The molecule has 0 radical (unpaired) electrons. The van der Waals surface area contributed by atoms with Crippen molar-refractivity contribution in [1.82, 2.24) is 4.90 Å². The van der Waals surface area contributed by atoms with Gasteiger partial charge in [-0.25, -0.2) is 0 Å². The quantitative estimate of drug-likeness (QED) is 0.774. The van der Waals surface area contributed by atoms with E-state index in [-0.39, 0.29) is 11.4 Å². The molecule has 144 valence electrons. The number of anilines is 1. The number of amides is 3. The van der Waals surface area contributed by atoms with Crippen molar-refractivity contribution >= 4 is 40.6 Å². The smallest absolute Gasteiger partial charge is 0.294 e. The summed E-state index contributed by atoms with van der Waals surface area (Å²) < 4.78 is 5.16. The molecule has 3 amide bonds. The van der Waals surface area contributed by atoms with E-state index >= 15 is 0 Å². The molecule has 7 heteroatoms. The van der Waals surface area contributed by atoms with Crippen molar-refractivity contribution in [3.8, 4) is 5.75 Å². The number of hydrogen-bond acceptors (Lipinski definition) is 5. The van der Waals surface area contributed by atoms with Gasteiger partial charge in [0.25, 0.3) is 11.1 Å². The molecule has 0 spiro atoms. The van der Waals surface area contributed by atoms with Crippen LogP contribution in [-0.2, 0) is 9.59 Å². The van der Waals surface area contributed by atoms with E-state index in [4.69, 9.17) is 4.74 Å². The number of ether oxygens (including phenoxy) is 1. The second-order valence-electron chi connectivity index (χ2n) is 6.41. The van der Waals surface area contributed by atoms with Gasteiger partial charge in [0.15, 0.2) is 0 Å². The largest absolute Gasteiger partial charge is 0.497 e. The van der Waals surface area contributed by atoms with Crippen LogP contribution < -0.4 is 10.1 Å². The SMILES string of the molecule is COc1cccc(/C=C2/SC(=O)N(CC(=O)Nc3cc(C)ccc3C)C2=O)c1. The zero-order valence-electron chi connectivity index (χ0n) is 15.8. The molecular weight excluding hydrogens is 376 g/mol. The Hall–Kier alpha value is -3.06. The van der Waals surface area contributed by atoms with Crippen molar-refractivity contribution in [1.29, 1.82) is 0 Å².